The summed E-state index contributed by atoms with van der Waals surface area (Å²) in [7, 11) is -2.93. The van der Waals surface area contributed by atoms with Crippen LogP contribution in [-0.4, -0.2) is 48.1 Å². The fraction of sp³-hybridized carbons (Fsp3) is 0.417. The van der Waals surface area contributed by atoms with E-state index in [1.165, 1.54) is 20.9 Å². The Morgan fingerprint density at radius 1 is 1.40 bits per heavy atom. The molecule has 0 aromatic heterocycles. The van der Waals surface area contributed by atoms with Crippen molar-refractivity contribution in [3.05, 3.63) is 29.6 Å². The van der Waals surface area contributed by atoms with Gasteiger partial charge in [0.25, 0.3) is 0 Å². The maximum absolute atomic E-state index is 13.8. The molecule has 112 valence electrons. The van der Waals surface area contributed by atoms with Crippen molar-refractivity contribution in [1.29, 1.82) is 0 Å². The molecule has 0 amide bonds. The lowest BCUT2D eigenvalue weighted by molar-refractivity contribution is 0.0639. The molecule has 0 saturated carbocycles. The Bertz CT molecular complexity index is 621. The number of aromatic carboxylic acids is 1. The van der Waals surface area contributed by atoms with Gasteiger partial charge in [0.05, 0.1) is 11.2 Å². The molecular weight excluding hydrogens is 289 g/mol. The van der Waals surface area contributed by atoms with Crippen LogP contribution in [0.15, 0.2) is 23.1 Å². The summed E-state index contributed by atoms with van der Waals surface area (Å²) in [6, 6.07) is 2.55. The lowest BCUT2D eigenvalue weighted by Crippen LogP contribution is -2.39. The van der Waals surface area contributed by atoms with Gasteiger partial charge in [-0.1, -0.05) is 0 Å². The van der Waals surface area contributed by atoms with E-state index in [4.69, 9.17) is 5.11 Å². The first-order valence-corrected chi connectivity index (χ1v) is 7.11. The van der Waals surface area contributed by atoms with Gasteiger partial charge in [-0.15, -0.1) is 0 Å². The highest BCUT2D eigenvalue weighted by molar-refractivity contribution is 7.89. The van der Waals surface area contributed by atoms with Crippen LogP contribution >= 0.6 is 0 Å². The second-order valence-corrected chi connectivity index (χ2v) is 7.04. The normalized spacial score (nSPS) is 12.7. The molecule has 2 N–H and O–H groups in total. The largest absolute Gasteiger partial charge is 0.478 e. The molecule has 1 rings (SSSR count). The quantitative estimate of drug-likeness (QED) is 0.843. The average Bonchev–Trinajstić information content (AvgIpc) is 2.25. The van der Waals surface area contributed by atoms with E-state index in [1.807, 2.05) is 0 Å². The van der Waals surface area contributed by atoms with Gasteiger partial charge in [-0.2, -0.15) is 4.31 Å². The third-order valence-electron chi connectivity index (χ3n) is 2.48. The number of likely N-dealkylation sites (N-methyl/N-ethyl adjacent to an activating group) is 1. The number of nitrogens with zero attached hydrogens (tertiary/aromatic N) is 1. The summed E-state index contributed by atoms with van der Waals surface area (Å²) in [6.45, 7) is 2.61. The number of halogens is 1. The molecule has 0 aliphatic carbocycles. The Labute approximate surface area is 116 Å². The van der Waals surface area contributed by atoms with Crippen LogP contribution < -0.4 is 0 Å². The molecule has 0 aliphatic heterocycles. The average molecular weight is 305 g/mol. The van der Waals surface area contributed by atoms with E-state index in [9.17, 15) is 22.7 Å². The maximum Gasteiger partial charge on any atom is 0.335 e. The van der Waals surface area contributed by atoms with Crippen molar-refractivity contribution in [1.82, 2.24) is 4.31 Å². The van der Waals surface area contributed by atoms with Crippen LogP contribution in [0.4, 0.5) is 4.39 Å². The number of aliphatic hydroxyl groups is 1. The third-order valence-corrected chi connectivity index (χ3v) is 4.31. The van der Waals surface area contributed by atoms with Crippen LogP contribution in [0.5, 0.6) is 0 Å². The van der Waals surface area contributed by atoms with Crippen LogP contribution in [0.3, 0.4) is 0 Å². The fourth-order valence-corrected chi connectivity index (χ4v) is 3.01. The number of carbonyl (C=O) groups is 1. The summed E-state index contributed by atoms with van der Waals surface area (Å²) >= 11 is 0. The second-order valence-electron chi connectivity index (χ2n) is 5.02. The first kappa shape index (κ1) is 16.5. The first-order valence-electron chi connectivity index (χ1n) is 5.67. The van der Waals surface area contributed by atoms with Gasteiger partial charge < -0.3 is 10.2 Å². The lowest BCUT2D eigenvalue weighted by Gasteiger charge is -2.25. The molecule has 0 radical (unpaired) electrons. The predicted octanol–water partition coefficient (Wildman–Crippen LogP) is 0.915. The Morgan fingerprint density at radius 3 is 2.35 bits per heavy atom. The van der Waals surface area contributed by atoms with Crippen LogP contribution in [0.25, 0.3) is 0 Å². The van der Waals surface area contributed by atoms with Gasteiger partial charge in [-0.25, -0.2) is 17.6 Å². The van der Waals surface area contributed by atoms with Crippen molar-refractivity contribution < 1.29 is 27.8 Å². The number of hydrogen-bond acceptors (Lipinski definition) is 4. The van der Waals surface area contributed by atoms with E-state index in [0.29, 0.717) is 6.07 Å². The molecule has 0 bridgehead atoms. The Balaban J connectivity index is 3.20. The standard InChI is InChI=1S/C12H16FNO5S/c1-12(2,17)7-14(3)20(18,19)10-5-4-8(11(15)16)6-9(10)13/h4-6,17H,7H2,1-3H3,(H,15,16). The van der Waals surface area contributed by atoms with E-state index < -0.39 is 32.3 Å². The molecule has 1 aromatic carbocycles. The number of benzene rings is 1. The predicted molar refractivity (Wildman–Crippen MR) is 69.5 cm³/mol. The number of carboxylic acids is 1. The minimum Gasteiger partial charge on any atom is -0.478 e. The highest BCUT2D eigenvalue weighted by Gasteiger charge is 2.29. The summed E-state index contributed by atoms with van der Waals surface area (Å²) in [5.74, 6) is -2.50. The van der Waals surface area contributed by atoms with E-state index in [1.54, 1.807) is 0 Å². The maximum atomic E-state index is 13.8. The monoisotopic (exact) mass is 305 g/mol. The molecule has 8 heteroatoms. The topological polar surface area (TPSA) is 94.9 Å². The summed E-state index contributed by atoms with van der Waals surface area (Å²) in [5, 5.41) is 18.3. The zero-order valence-electron chi connectivity index (χ0n) is 11.3. The zero-order chi connectivity index (χ0) is 15.7. The summed E-state index contributed by atoms with van der Waals surface area (Å²) < 4.78 is 38.9. The molecular formula is C12H16FNO5S. The molecule has 0 atom stereocenters. The van der Waals surface area contributed by atoms with Crippen molar-refractivity contribution in [2.45, 2.75) is 24.3 Å². The summed E-state index contributed by atoms with van der Waals surface area (Å²) in [4.78, 5) is 10.0. The molecule has 0 aliphatic rings. The van der Waals surface area contributed by atoms with Gasteiger partial charge in [0.2, 0.25) is 10.0 Å². The summed E-state index contributed by atoms with van der Waals surface area (Å²) in [6.07, 6.45) is 0. The molecule has 0 fully saturated rings. The van der Waals surface area contributed by atoms with Gasteiger partial charge in [0.15, 0.2) is 0 Å². The highest BCUT2D eigenvalue weighted by Crippen LogP contribution is 2.21. The summed E-state index contributed by atoms with van der Waals surface area (Å²) in [5.41, 5.74) is -1.62. The van der Waals surface area contributed by atoms with Crippen LogP contribution in [-0.2, 0) is 10.0 Å². The van der Waals surface area contributed by atoms with Gasteiger partial charge in [0, 0.05) is 13.6 Å². The van der Waals surface area contributed by atoms with Crippen molar-refractivity contribution in [3.8, 4) is 0 Å². The van der Waals surface area contributed by atoms with Gasteiger partial charge in [-0.3, -0.25) is 0 Å². The SMILES string of the molecule is CN(CC(C)(C)O)S(=O)(=O)c1ccc(C(=O)O)cc1F. The van der Waals surface area contributed by atoms with Crippen molar-refractivity contribution in [2.24, 2.45) is 0 Å². The molecule has 6 nitrogen and oxygen atoms in total. The minimum absolute atomic E-state index is 0.227. The smallest absolute Gasteiger partial charge is 0.335 e. The van der Waals surface area contributed by atoms with E-state index in [2.05, 4.69) is 0 Å². The highest BCUT2D eigenvalue weighted by atomic mass is 32.2. The zero-order valence-corrected chi connectivity index (χ0v) is 12.1. The Kier molecular flexibility index (Phi) is 4.52. The van der Waals surface area contributed by atoms with E-state index >= 15 is 0 Å². The van der Waals surface area contributed by atoms with Gasteiger partial charge in [-0.05, 0) is 32.0 Å². The van der Waals surface area contributed by atoms with Crippen LogP contribution in [0, 0.1) is 5.82 Å². The van der Waals surface area contributed by atoms with Gasteiger partial charge >= 0.3 is 5.97 Å². The van der Waals surface area contributed by atoms with E-state index in [0.717, 1.165) is 16.4 Å². The molecule has 0 saturated heterocycles. The van der Waals surface area contributed by atoms with Crippen molar-refractivity contribution >= 4 is 16.0 Å². The molecule has 20 heavy (non-hydrogen) atoms. The second kappa shape index (κ2) is 5.47. The molecule has 0 heterocycles. The number of rotatable bonds is 5. The van der Waals surface area contributed by atoms with E-state index in [-0.39, 0.29) is 12.1 Å². The molecule has 1 aromatic rings. The van der Waals surface area contributed by atoms with Crippen LogP contribution in [0.1, 0.15) is 24.2 Å². The van der Waals surface area contributed by atoms with Crippen LogP contribution in [0.2, 0.25) is 0 Å². The first-order chi connectivity index (χ1) is 8.95. The Morgan fingerprint density at radius 2 is 1.95 bits per heavy atom. The lowest BCUT2D eigenvalue weighted by atomic mass is 10.1. The van der Waals surface area contributed by atoms with Gasteiger partial charge in [0.1, 0.15) is 10.7 Å². The van der Waals surface area contributed by atoms with Crippen molar-refractivity contribution in [2.75, 3.05) is 13.6 Å². The third kappa shape index (κ3) is 3.75. The minimum atomic E-state index is -4.14. The van der Waals surface area contributed by atoms with Crippen molar-refractivity contribution in [3.63, 3.8) is 0 Å². The number of carboxylic acid groups (broad SMARTS) is 1. The Hall–Kier alpha value is -1.51. The number of sulfonamides is 1. The number of hydrogen-bond donors (Lipinski definition) is 2. The fourth-order valence-electron chi connectivity index (χ4n) is 1.64. The molecule has 0 unspecified atom stereocenters. The molecule has 0 spiro atoms.